The largest absolute Gasteiger partial charge is 0.391 e. The van der Waals surface area contributed by atoms with Crippen molar-refractivity contribution in [2.24, 2.45) is 0 Å². The van der Waals surface area contributed by atoms with Gasteiger partial charge in [-0.3, -0.25) is 9.35 Å². The lowest BCUT2D eigenvalue weighted by Crippen LogP contribution is -2.47. The van der Waals surface area contributed by atoms with E-state index < -0.39 is 28.0 Å². The Labute approximate surface area is 248 Å². The molecule has 0 radical (unpaired) electrons. The van der Waals surface area contributed by atoms with Crippen LogP contribution in [0.1, 0.15) is 174 Å². The lowest BCUT2D eigenvalue weighted by molar-refractivity contribution is -0.122. The second-order valence-electron chi connectivity index (χ2n) is 11.8. The molecule has 0 saturated heterocycles. The number of aliphatic hydroxyl groups is 1. The van der Waals surface area contributed by atoms with E-state index >= 15 is 0 Å². The van der Waals surface area contributed by atoms with Crippen molar-refractivity contribution in [2.75, 3.05) is 5.75 Å². The number of hydrogen-bond acceptors (Lipinski definition) is 4. The zero-order chi connectivity index (χ0) is 29.7. The van der Waals surface area contributed by atoms with E-state index in [2.05, 4.69) is 31.3 Å². The monoisotopic (exact) mass is 587 g/mol. The maximum Gasteiger partial charge on any atom is 0.266 e. The van der Waals surface area contributed by atoms with Gasteiger partial charge >= 0.3 is 0 Å². The highest BCUT2D eigenvalue weighted by Gasteiger charge is 2.26. The van der Waals surface area contributed by atoms with Crippen molar-refractivity contribution in [1.29, 1.82) is 0 Å². The smallest absolute Gasteiger partial charge is 0.266 e. The summed E-state index contributed by atoms with van der Waals surface area (Å²) in [7, 11) is -4.30. The lowest BCUT2D eigenvalue weighted by atomic mass is 10.0. The average Bonchev–Trinajstić information content (AvgIpc) is 2.90. The second-order valence-corrected chi connectivity index (χ2v) is 13.3. The minimum absolute atomic E-state index is 0.256. The number of hydrogen-bond donors (Lipinski definition) is 3. The second kappa shape index (κ2) is 28.2. The summed E-state index contributed by atoms with van der Waals surface area (Å²) in [6.45, 7) is 4.47. The van der Waals surface area contributed by atoms with Crippen molar-refractivity contribution in [1.82, 2.24) is 5.32 Å². The van der Waals surface area contributed by atoms with Gasteiger partial charge in [0.05, 0.1) is 17.9 Å². The number of carbonyl (C=O) groups excluding carboxylic acids is 1. The molecule has 0 heterocycles. The van der Waals surface area contributed by atoms with Crippen molar-refractivity contribution in [3.63, 3.8) is 0 Å². The molecule has 2 atom stereocenters. The van der Waals surface area contributed by atoms with Crippen LogP contribution >= 0.6 is 0 Å². The third-order valence-electron chi connectivity index (χ3n) is 7.72. The highest BCUT2D eigenvalue weighted by molar-refractivity contribution is 7.85. The van der Waals surface area contributed by atoms with Crippen molar-refractivity contribution < 1.29 is 22.9 Å². The van der Waals surface area contributed by atoms with E-state index in [1.165, 1.54) is 96.3 Å². The molecule has 0 aliphatic heterocycles. The first kappa shape index (κ1) is 39.1. The Balaban J connectivity index is 3.97. The van der Waals surface area contributed by atoms with Gasteiger partial charge in [-0.05, 0) is 38.5 Å². The topological polar surface area (TPSA) is 104 Å². The first-order valence-electron chi connectivity index (χ1n) is 16.9. The molecule has 40 heavy (non-hydrogen) atoms. The Morgan fingerprint density at radius 1 is 0.650 bits per heavy atom. The Hall–Kier alpha value is -0.920. The molecule has 0 aliphatic rings. The fourth-order valence-electron chi connectivity index (χ4n) is 5.15. The summed E-state index contributed by atoms with van der Waals surface area (Å²) in [6, 6.07) is -0.968. The van der Waals surface area contributed by atoms with Gasteiger partial charge in [0.1, 0.15) is 0 Å². The van der Waals surface area contributed by atoms with Crippen LogP contribution in [0, 0.1) is 0 Å². The molecule has 0 saturated carbocycles. The quantitative estimate of drug-likeness (QED) is 0.0442. The van der Waals surface area contributed by atoms with Crippen LogP contribution in [0.5, 0.6) is 0 Å². The first-order chi connectivity index (χ1) is 19.3. The number of aliphatic hydroxyl groups excluding tert-OH is 1. The minimum atomic E-state index is -4.30. The summed E-state index contributed by atoms with van der Waals surface area (Å²) in [4.78, 5) is 12.4. The summed E-state index contributed by atoms with van der Waals surface area (Å²) in [5.74, 6) is -0.905. The Morgan fingerprint density at radius 3 is 1.50 bits per heavy atom. The van der Waals surface area contributed by atoms with Gasteiger partial charge in [-0.25, -0.2) is 0 Å². The van der Waals surface area contributed by atoms with Gasteiger partial charge in [0, 0.05) is 6.42 Å². The zero-order valence-corrected chi connectivity index (χ0v) is 27.0. The SMILES string of the molecule is CCCCCCC/C=C\CCCCCCCC(=O)NC(CS(=O)(=O)O)C(O)CCCCCCCCCCCCC. The van der Waals surface area contributed by atoms with Crippen LogP contribution in [-0.2, 0) is 14.9 Å². The van der Waals surface area contributed by atoms with E-state index in [0.717, 1.165) is 51.4 Å². The summed E-state index contributed by atoms with van der Waals surface area (Å²) in [5.41, 5.74) is 0. The Bertz CT molecular complexity index is 695. The van der Waals surface area contributed by atoms with E-state index in [4.69, 9.17) is 0 Å². The van der Waals surface area contributed by atoms with E-state index in [9.17, 15) is 22.9 Å². The summed E-state index contributed by atoms with van der Waals surface area (Å²) >= 11 is 0. The van der Waals surface area contributed by atoms with Crippen LogP contribution in [-0.4, -0.2) is 41.9 Å². The molecule has 0 aromatic heterocycles. The predicted octanol–water partition coefficient (Wildman–Crippen LogP) is 9.07. The summed E-state index contributed by atoms with van der Waals surface area (Å²) < 4.78 is 32.3. The molecule has 0 fully saturated rings. The number of allylic oxidation sites excluding steroid dienone is 2. The van der Waals surface area contributed by atoms with Gasteiger partial charge < -0.3 is 10.4 Å². The molecular formula is C33H65NO5S. The highest BCUT2D eigenvalue weighted by Crippen LogP contribution is 2.15. The van der Waals surface area contributed by atoms with Crippen molar-refractivity contribution >= 4 is 16.0 Å². The van der Waals surface area contributed by atoms with E-state index in [1.54, 1.807) is 0 Å². The van der Waals surface area contributed by atoms with Crippen LogP contribution in [0.3, 0.4) is 0 Å². The van der Waals surface area contributed by atoms with E-state index in [1.807, 2.05) is 0 Å². The molecule has 3 N–H and O–H groups in total. The highest BCUT2D eigenvalue weighted by atomic mass is 32.2. The molecule has 1 amide bonds. The fourth-order valence-corrected chi connectivity index (χ4v) is 5.91. The van der Waals surface area contributed by atoms with Gasteiger partial charge in [0.2, 0.25) is 5.91 Å². The van der Waals surface area contributed by atoms with Crippen LogP contribution in [0.2, 0.25) is 0 Å². The Kier molecular flexibility index (Phi) is 27.6. The third kappa shape index (κ3) is 28.6. The van der Waals surface area contributed by atoms with Crippen LogP contribution < -0.4 is 5.32 Å². The average molecular weight is 588 g/mol. The van der Waals surface area contributed by atoms with Crippen molar-refractivity contribution in [3.05, 3.63) is 12.2 Å². The molecule has 7 heteroatoms. The predicted molar refractivity (Wildman–Crippen MR) is 170 cm³/mol. The van der Waals surface area contributed by atoms with Gasteiger partial charge in [0.25, 0.3) is 10.1 Å². The normalized spacial score (nSPS) is 13.6. The van der Waals surface area contributed by atoms with Gasteiger partial charge in [-0.15, -0.1) is 0 Å². The number of nitrogens with one attached hydrogen (secondary N) is 1. The standard InChI is InChI=1S/C33H65NO5S/c1-3-5-7-9-11-13-15-16-17-19-21-23-25-27-29-33(36)34-31(30-40(37,38)39)32(35)28-26-24-22-20-18-14-12-10-8-6-4-2/h15-16,31-32,35H,3-14,17-30H2,1-2H3,(H,34,36)(H,37,38,39)/b16-15-. The molecule has 238 valence electrons. The number of amides is 1. The molecule has 0 aliphatic carbocycles. The molecule has 0 aromatic rings. The van der Waals surface area contributed by atoms with Crippen LogP contribution in [0.15, 0.2) is 12.2 Å². The molecule has 2 unspecified atom stereocenters. The van der Waals surface area contributed by atoms with Crippen LogP contribution in [0.25, 0.3) is 0 Å². The molecule has 6 nitrogen and oxygen atoms in total. The summed E-state index contributed by atoms with van der Waals surface area (Å²) in [5, 5.41) is 13.2. The molecule has 0 bridgehead atoms. The Morgan fingerprint density at radius 2 is 1.05 bits per heavy atom. The van der Waals surface area contributed by atoms with Gasteiger partial charge in [-0.1, -0.05) is 142 Å². The first-order valence-corrected chi connectivity index (χ1v) is 18.5. The summed E-state index contributed by atoms with van der Waals surface area (Å²) in [6.07, 6.45) is 31.5. The third-order valence-corrected chi connectivity index (χ3v) is 8.50. The maximum atomic E-state index is 12.4. The minimum Gasteiger partial charge on any atom is -0.391 e. The molecule has 0 aromatic carbocycles. The maximum absolute atomic E-state index is 12.4. The molecule has 0 rings (SSSR count). The molecular weight excluding hydrogens is 522 g/mol. The van der Waals surface area contributed by atoms with Crippen molar-refractivity contribution in [3.8, 4) is 0 Å². The fraction of sp³-hybridized carbons (Fsp3) is 0.909. The van der Waals surface area contributed by atoms with Gasteiger partial charge in [-0.2, -0.15) is 8.42 Å². The molecule has 0 spiro atoms. The van der Waals surface area contributed by atoms with Crippen molar-refractivity contribution in [2.45, 2.75) is 187 Å². The zero-order valence-electron chi connectivity index (χ0n) is 26.2. The van der Waals surface area contributed by atoms with Crippen LogP contribution in [0.4, 0.5) is 0 Å². The number of unbranched alkanes of at least 4 members (excludes halogenated alkanes) is 20. The van der Waals surface area contributed by atoms with E-state index in [0.29, 0.717) is 12.8 Å². The van der Waals surface area contributed by atoms with E-state index in [-0.39, 0.29) is 5.91 Å². The lowest BCUT2D eigenvalue weighted by Gasteiger charge is -2.23. The number of carbonyl (C=O) groups is 1. The van der Waals surface area contributed by atoms with Gasteiger partial charge in [0.15, 0.2) is 0 Å². The number of rotatable bonds is 30.